The molecule has 0 heterocycles. The van der Waals surface area contributed by atoms with Crippen molar-refractivity contribution >= 4 is 47.9 Å². The maximum atomic E-state index is 12.1. The Hall–Kier alpha value is -0.440. The molecule has 5 nitrogen and oxygen atoms in total. The number of hydrogen-bond acceptors (Lipinski definition) is 3. The lowest BCUT2D eigenvalue weighted by Crippen LogP contribution is -2.25. The number of benzene rings is 1. The predicted molar refractivity (Wildman–Crippen MR) is 83.3 cm³/mol. The van der Waals surface area contributed by atoms with Crippen LogP contribution in [0, 0.1) is 6.92 Å². The summed E-state index contributed by atoms with van der Waals surface area (Å²) in [5.41, 5.74) is 0.928. The normalized spacial score (nSPS) is 11.6. The van der Waals surface area contributed by atoms with Gasteiger partial charge in [0.05, 0.1) is 4.90 Å². The molecule has 0 fully saturated rings. The van der Waals surface area contributed by atoms with E-state index in [1.54, 1.807) is 12.1 Å². The SMILES string of the molecule is Cc1cc(Br)c(S(=O)(=O)NCCCCC(=O)O)cc1Br. The molecule has 0 aliphatic rings. The Morgan fingerprint density at radius 3 is 2.50 bits per heavy atom. The number of carboxylic acids is 1. The van der Waals surface area contributed by atoms with Gasteiger partial charge in [-0.1, -0.05) is 15.9 Å². The fourth-order valence-electron chi connectivity index (χ4n) is 1.52. The molecule has 0 aliphatic heterocycles. The maximum Gasteiger partial charge on any atom is 0.303 e. The minimum absolute atomic E-state index is 0.0432. The van der Waals surface area contributed by atoms with Crippen molar-refractivity contribution in [2.24, 2.45) is 0 Å². The van der Waals surface area contributed by atoms with Gasteiger partial charge in [0.2, 0.25) is 10.0 Å². The van der Waals surface area contributed by atoms with Crippen molar-refractivity contribution in [2.75, 3.05) is 6.54 Å². The molecule has 20 heavy (non-hydrogen) atoms. The third kappa shape index (κ3) is 5.16. The fraction of sp³-hybridized carbons (Fsp3) is 0.417. The standard InChI is InChI=1S/C12H15Br2NO4S/c1-8-6-10(14)11(7-9(8)13)20(18,19)15-5-3-2-4-12(16)17/h6-7,15H,2-5H2,1H3,(H,16,17). The van der Waals surface area contributed by atoms with Gasteiger partial charge in [-0.05, 0) is 53.4 Å². The lowest BCUT2D eigenvalue weighted by molar-refractivity contribution is -0.137. The molecule has 0 spiro atoms. The Bertz CT molecular complexity index is 602. The largest absolute Gasteiger partial charge is 0.481 e. The van der Waals surface area contributed by atoms with Crippen LogP contribution in [0.3, 0.4) is 0 Å². The summed E-state index contributed by atoms with van der Waals surface area (Å²) in [6.45, 7) is 2.08. The number of aliphatic carboxylic acids is 1. The molecule has 0 amide bonds. The van der Waals surface area contributed by atoms with Crippen LogP contribution in [0.15, 0.2) is 26.0 Å². The molecule has 0 radical (unpaired) electrons. The van der Waals surface area contributed by atoms with E-state index in [2.05, 4.69) is 36.6 Å². The van der Waals surface area contributed by atoms with Crippen LogP contribution in [-0.4, -0.2) is 26.0 Å². The summed E-state index contributed by atoms with van der Waals surface area (Å²) in [4.78, 5) is 10.5. The third-order valence-corrected chi connectivity index (χ3v) is 5.89. The van der Waals surface area contributed by atoms with Crippen LogP contribution >= 0.6 is 31.9 Å². The first-order valence-electron chi connectivity index (χ1n) is 5.91. The summed E-state index contributed by atoms with van der Waals surface area (Å²) in [7, 11) is -3.61. The monoisotopic (exact) mass is 427 g/mol. The lowest BCUT2D eigenvalue weighted by Gasteiger charge is -2.10. The molecule has 0 aliphatic carbocycles. The average molecular weight is 429 g/mol. The highest BCUT2D eigenvalue weighted by molar-refractivity contribution is 9.11. The van der Waals surface area contributed by atoms with Gasteiger partial charge in [0.1, 0.15) is 0 Å². The first-order valence-corrected chi connectivity index (χ1v) is 8.98. The highest BCUT2D eigenvalue weighted by Crippen LogP contribution is 2.28. The van der Waals surface area contributed by atoms with E-state index in [1.807, 2.05) is 6.92 Å². The minimum atomic E-state index is -3.61. The van der Waals surface area contributed by atoms with Crippen molar-refractivity contribution in [3.8, 4) is 0 Å². The number of rotatable bonds is 7. The molecule has 0 atom stereocenters. The first-order chi connectivity index (χ1) is 9.24. The highest BCUT2D eigenvalue weighted by atomic mass is 79.9. The van der Waals surface area contributed by atoms with Crippen LogP contribution in [-0.2, 0) is 14.8 Å². The van der Waals surface area contributed by atoms with E-state index < -0.39 is 16.0 Å². The van der Waals surface area contributed by atoms with Crippen molar-refractivity contribution in [1.29, 1.82) is 0 Å². The number of sulfonamides is 1. The summed E-state index contributed by atoms with van der Waals surface area (Å²) in [6, 6.07) is 3.27. The number of halogens is 2. The van der Waals surface area contributed by atoms with E-state index in [-0.39, 0.29) is 17.9 Å². The van der Waals surface area contributed by atoms with Crippen molar-refractivity contribution in [3.63, 3.8) is 0 Å². The van der Waals surface area contributed by atoms with E-state index in [0.29, 0.717) is 21.8 Å². The zero-order valence-electron chi connectivity index (χ0n) is 10.8. The van der Waals surface area contributed by atoms with Gasteiger partial charge in [0, 0.05) is 21.9 Å². The Balaban J connectivity index is 2.70. The van der Waals surface area contributed by atoms with Crippen LogP contribution in [0.2, 0.25) is 0 Å². The zero-order chi connectivity index (χ0) is 15.3. The minimum Gasteiger partial charge on any atom is -0.481 e. The second-order valence-electron chi connectivity index (χ2n) is 4.28. The summed E-state index contributed by atoms with van der Waals surface area (Å²) < 4.78 is 27.9. The smallest absolute Gasteiger partial charge is 0.303 e. The van der Waals surface area contributed by atoms with E-state index >= 15 is 0 Å². The van der Waals surface area contributed by atoms with E-state index in [0.717, 1.165) is 5.56 Å². The van der Waals surface area contributed by atoms with Gasteiger partial charge in [0.25, 0.3) is 0 Å². The third-order valence-electron chi connectivity index (χ3n) is 2.61. The van der Waals surface area contributed by atoms with Crippen molar-refractivity contribution < 1.29 is 18.3 Å². The van der Waals surface area contributed by atoms with Gasteiger partial charge in [0.15, 0.2) is 0 Å². The molecular weight excluding hydrogens is 414 g/mol. The molecule has 1 rings (SSSR count). The molecular formula is C12H15Br2NO4S. The van der Waals surface area contributed by atoms with Crippen LogP contribution in [0.25, 0.3) is 0 Å². The molecule has 1 aromatic carbocycles. The summed E-state index contributed by atoms with van der Waals surface area (Å²) in [6.07, 6.45) is 0.967. The van der Waals surface area contributed by atoms with Crippen LogP contribution in [0.4, 0.5) is 0 Å². The second-order valence-corrected chi connectivity index (χ2v) is 7.72. The molecule has 8 heteroatoms. The first kappa shape index (κ1) is 17.6. The van der Waals surface area contributed by atoms with Gasteiger partial charge in [-0.25, -0.2) is 13.1 Å². The van der Waals surface area contributed by atoms with E-state index in [1.165, 1.54) is 0 Å². The summed E-state index contributed by atoms with van der Waals surface area (Å²) in [5.74, 6) is -0.877. The molecule has 0 bridgehead atoms. The van der Waals surface area contributed by atoms with Crippen LogP contribution in [0.5, 0.6) is 0 Å². The van der Waals surface area contributed by atoms with Gasteiger partial charge in [-0.15, -0.1) is 0 Å². The molecule has 112 valence electrons. The summed E-state index contributed by atoms with van der Waals surface area (Å²) in [5, 5.41) is 8.49. The molecule has 1 aromatic rings. The van der Waals surface area contributed by atoms with E-state index in [4.69, 9.17) is 5.11 Å². The number of nitrogens with one attached hydrogen (secondary N) is 1. The van der Waals surface area contributed by atoms with Crippen molar-refractivity contribution in [1.82, 2.24) is 4.72 Å². The topological polar surface area (TPSA) is 83.5 Å². The van der Waals surface area contributed by atoms with Crippen LogP contribution in [0.1, 0.15) is 24.8 Å². The Labute approximate surface area is 135 Å². The Kier molecular flexibility index (Phi) is 6.63. The van der Waals surface area contributed by atoms with Gasteiger partial charge >= 0.3 is 5.97 Å². The molecule has 0 aromatic heterocycles. The van der Waals surface area contributed by atoms with Gasteiger partial charge < -0.3 is 5.11 Å². The number of hydrogen-bond donors (Lipinski definition) is 2. The Morgan fingerprint density at radius 1 is 1.25 bits per heavy atom. The number of carboxylic acid groups (broad SMARTS) is 1. The molecule has 2 N–H and O–H groups in total. The molecule has 0 unspecified atom stereocenters. The highest BCUT2D eigenvalue weighted by Gasteiger charge is 2.18. The number of unbranched alkanes of at least 4 members (excludes halogenated alkanes) is 1. The van der Waals surface area contributed by atoms with Crippen molar-refractivity contribution in [2.45, 2.75) is 31.1 Å². The number of aryl methyl sites for hydroxylation is 1. The van der Waals surface area contributed by atoms with E-state index in [9.17, 15) is 13.2 Å². The zero-order valence-corrected chi connectivity index (χ0v) is 14.8. The Morgan fingerprint density at radius 2 is 1.90 bits per heavy atom. The van der Waals surface area contributed by atoms with Gasteiger partial charge in [-0.2, -0.15) is 0 Å². The quantitative estimate of drug-likeness (QED) is 0.653. The maximum absolute atomic E-state index is 12.1. The second kappa shape index (κ2) is 7.53. The lowest BCUT2D eigenvalue weighted by atomic mass is 10.2. The fourth-order valence-corrected chi connectivity index (χ4v) is 4.27. The summed E-state index contributed by atoms with van der Waals surface area (Å²) >= 11 is 6.54. The van der Waals surface area contributed by atoms with Crippen LogP contribution < -0.4 is 4.72 Å². The predicted octanol–water partition coefficient (Wildman–Crippen LogP) is 3.05. The van der Waals surface area contributed by atoms with Gasteiger partial charge in [-0.3, -0.25) is 4.79 Å². The number of carbonyl (C=O) groups is 1. The molecule has 0 saturated heterocycles. The average Bonchev–Trinajstić information content (AvgIpc) is 2.32. The molecule has 0 saturated carbocycles. The van der Waals surface area contributed by atoms with Crippen molar-refractivity contribution in [3.05, 3.63) is 26.6 Å².